The number of alkyl halides is 2. The largest absolute Gasteiger partial charge is 0.323 e. The molecule has 16 heavy (non-hydrogen) atoms. The van der Waals surface area contributed by atoms with E-state index in [1.165, 1.54) is 0 Å². The van der Waals surface area contributed by atoms with Crippen LogP contribution in [0.3, 0.4) is 0 Å². The number of thioether (sulfide) groups is 1. The topological polar surface area (TPSA) is 20.3 Å². The number of carbonyl (C=O) groups is 1. The van der Waals surface area contributed by atoms with Crippen LogP contribution in [0.1, 0.15) is 10.9 Å². The van der Waals surface area contributed by atoms with Crippen LogP contribution in [-0.4, -0.2) is 27.9 Å². The molecule has 1 aromatic rings. The molecule has 1 amide bonds. The molecule has 0 saturated carbocycles. The van der Waals surface area contributed by atoms with Gasteiger partial charge in [-0.05, 0) is 5.56 Å². The Balaban J connectivity index is 2.19. The highest BCUT2D eigenvalue weighted by Crippen LogP contribution is 2.38. The van der Waals surface area contributed by atoms with Crippen molar-refractivity contribution in [1.29, 1.82) is 0 Å². The highest BCUT2D eigenvalue weighted by Gasteiger charge is 2.32. The summed E-state index contributed by atoms with van der Waals surface area (Å²) in [6.45, 7) is 0.707. The number of halogens is 2. The molecule has 0 bridgehead atoms. The fraction of sp³-hybridized carbons (Fsp3) is 0.364. The molecule has 0 aromatic heterocycles. The van der Waals surface area contributed by atoms with E-state index >= 15 is 0 Å². The Labute approximate surface area is 109 Å². The van der Waals surface area contributed by atoms with Crippen LogP contribution in [0.15, 0.2) is 30.3 Å². The zero-order valence-electron chi connectivity index (χ0n) is 8.48. The molecule has 0 N–H and O–H groups in total. The summed E-state index contributed by atoms with van der Waals surface area (Å²) in [6.07, 6.45) is 0. The van der Waals surface area contributed by atoms with Crippen molar-refractivity contribution in [1.82, 2.24) is 4.90 Å². The molecule has 1 heterocycles. The molecule has 86 valence electrons. The molecule has 0 spiro atoms. The number of nitrogens with zero attached hydrogens (tertiary/aromatic N) is 1. The van der Waals surface area contributed by atoms with E-state index in [-0.39, 0.29) is 11.3 Å². The van der Waals surface area contributed by atoms with Crippen LogP contribution < -0.4 is 0 Å². The van der Waals surface area contributed by atoms with E-state index in [1.54, 1.807) is 16.7 Å². The van der Waals surface area contributed by atoms with Gasteiger partial charge in [0.1, 0.15) is 5.37 Å². The van der Waals surface area contributed by atoms with Crippen LogP contribution in [-0.2, 0) is 4.79 Å². The van der Waals surface area contributed by atoms with Gasteiger partial charge >= 0.3 is 0 Å². The van der Waals surface area contributed by atoms with Gasteiger partial charge in [-0.15, -0.1) is 11.8 Å². The van der Waals surface area contributed by atoms with Crippen LogP contribution in [0.2, 0.25) is 0 Å². The SMILES string of the molecule is O=C(C(Cl)Cl)N1CCSC1c1ccccc1. The van der Waals surface area contributed by atoms with E-state index in [1.807, 2.05) is 30.3 Å². The van der Waals surface area contributed by atoms with E-state index < -0.39 is 4.84 Å². The molecule has 2 nitrogen and oxygen atoms in total. The van der Waals surface area contributed by atoms with Gasteiger partial charge in [-0.3, -0.25) is 4.79 Å². The van der Waals surface area contributed by atoms with Gasteiger partial charge in [0.05, 0.1) is 0 Å². The predicted molar refractivity (Wildman–Crippen MR) is 68.8 cm³/mol. The highest BCUT2D eigenvalue weighted by molar-refractivity contribution is 7.99. The minimum atomic E-state index is -0.968. The molecule has 1 aliphatic heterocycles. The van der Waals surface area contributed by atoms with Gasteiger partial charge in [-0.25, -0.2) is 0 Å². The molecule has 1 atom stereocenters. The van der Waals surface area contributed by atoms with Gasteiger partial charge in [0.2, 0.25) is 0 Å². The highest BCUT2D eigenvalue weighted by atomic mass is 35.5. The molecule has 0 radical (unpaired) electrons. The Hall–Kier alpha value is -0.380. The van der Waals surface area contributed by atoms with Gasteiger partial charge in [-0.2, -0.15) is 0 Å². The molecule has 1 aliphatic rings. The van der Waals surface area contributed by atoms with Crippen molar-refractivity contribution in [3.63, 3.8) is 0 Å². The Morgan fingerprint density at radius 1 is 1.38 bits per heavy atom. The minimum absolute atomic E-state index is 0.0497. The second-order valence-electron chi connectivity index (χ2n) is 3.47. The summed E-state index contributed by atoms with van der Waals surface area (Å²) in [5.74, 6) is 0.716. The predicted octanol–water partition coefficient (Wildman–Crippen LogP) is 3.06. The maximum Gasteiger partial charge on any atom is 0.257 e. The molecule has 1 saturated heterocycles. The lowest BCUT2D eigenvalue weighted by Crippen LogP contribution is -2.34. The molecular formula is C11H11Cl2NOS. The van der Waals surface area contributed by atoms with E-state index in [0.717, 1.165) is 11.3 Å². The number of carbonyl (C=O) groups excluding carboxylic acids is 1. The van der Waals surface area contributed by atoms with Crippen molar-refractivity contribution in [2.75, 3.05) is 12.3 Å². The summed E-state index contributed by atoms with van der Waals surface area (Å²) in [6, 6.07) is 9.92. The van der Waals surface area contributed by atoms with Crippen molar-refractivity contribution in [3.8, 4) is 0 Å². The van der Waals surface area contributed by atoms with E-state index in [4.69, 9.17) is 23.2 Å². The van der Waals surface area contributed by atoms with Gasteiger partial charge in [0.25, 0.3) is 5.91 Å². The maximum atomic E-state index is 11.8. The first-order valence-electron chi connectivity index (χ1n) is 4.95. The molecule has 1 unspecified atom stereocenters. The third-order valence-electron chi connectivity index (χ3n) is 2.45. The summed E-state index contributed by atoms with van der Waals surface area (Å²) in [7, 11) is 0. The van der Waals surface area contributed by atoms with Crippen molar-refractivity contribution in [3.05, 3.63) is 35.9 Å². The quantitative estimate of drug-likeness (QED) is 0.774. The fourth-order valence-corrected chi connectivity index (χ4v) is 3.23. The van der Waals surface area contributed by atoms with Crippen molar-refractivity contribution in [2.24, 2.45) is 0 Å². The van der Waals surface area contributed by atoms with Crippen molar-refractivity contribution < 1.29 is 4.79 Å². The molecular weight excluding hydrogens is 265 g/mol. The van der Waals surface area contributed by atoms with Crippen molar-refractivity contribution >= 4 is 40.9 Å². The number of benzene rings is 1. The summed E-state index contributed by atoms with van der Waals surface area (Å²) in [5.41, 5.74) is 1.12. The Morgan fingerprint density at radius 3 is 2.69 bits per heavy atom. The van der Waals surface area contributed by atoms with Crippen LogP contribution in [0.25, 0.3) is 0 Å². The maximum absolute atomic E-state index is 11.8. The second-order valence-corrected chi connectivity index (χ2v) is 5.75. The zero-order valence-corrected chi connectivity index (χ0v) is 10.8. The number of hydrogen-bond acceptors (Lipinski definition) is 2. The lowest BCUT2D eigenvalue weighted by atomic mass is 10.2. The van der Waals surface area contributed by atoms with Gasteiger partial charge < -0.3 is 4.90 Å². The van der Waals surface area contributed by atoms with E-state index in [0.29, 0.717) is 6.54 Å². The lowest BCUT2D eigenvalue weighted by Gasteiger charge is -2.24. The molecule has 2 rings (SSSR count). The van der Waals surface area contributed by atoms with E-state index in [9.17, 15) is 4.79 Å². The Bertz CT molecular complexity index is 372. The second kappa shape index (κ2) is 5.30. The Kier molecular flexibility index (Phi) is 4.00. The van der Waals surface area contributed by atoms with Crippen molar-refractivity contribution in [2.45, 2.75) is 10.2 Å². The smallest absolute Gasteiger partial charge is 0.257 e. The fourth-order valence-electron chi connectivity index (χ4n) is 1.71. The normalized spacial score (nSPS) is 20.4. The summed E-state index contributed by atoms with van der Waals surface area (Å²) >= 11 is 13.0. The van der Waals surface area contributed by atoms with Crippen LogP contribution in [0, 0.1) is 0 Å². The zero-order chi connectivity index (χ0) is 11.5. The number of amides is 1. The molecule has 5 heteroatoms. The third kappa shape index (κ3) is 2.47. The molecule has 1 fully saturated rings. The monoisotopic (exact) mass is 275 g/mol. The minimum Gasteiger partial charge on any atom is -0.323 e. The third-order valence-corrected chi connectivity index (χ3v) is 4.08. The summed E-state index contributed by atoms with van der Waals surface area (Å²) in [4.78, 5) is 12.6. The standard InChI is InChI=1S/C11H11Cl2NOS/c12-9(13)10(15)14-6-7-16-11(14)8-4-2-1-3-5-8/h1-5,9,11H,6-7H2. The first-order valence-corrected chi connectivity index (χ1v) is 6.87. The number of rotatable bonds is 2. The van der Waals surface area contributed by atoms with Gasteiger partial charge in [0, 0.05) is 12.3 Å². The number of hydrogen-bond donors (Lipinski definition) is 0. The average molecular weight is 276 g/mol. The van der Waals surface area contributed by atoms with Crippen LogP contribution in [0.5, 0.6) is 0 Å². The molecule has 1 aromatic carbocycles. The first kappa shape index (κ1) is 12.1. The Morgan fingerprint density at radius 2 is 2.06 bits per heavy atom. The first-order chi connectivity index (χ1) is 7.70. The van der Waals surface area contributed by atoms with Gasteiger partial charge in [0.15, 0.2) is 4.84 Å². The lowest BCUT2D eigenvalue weighted by molar-refractivity contribution is -0.129. The van der Waals surface area contributed by atoms with Gasteiger partial charge in [-0.1, -0.05) is 53.5 Å². The summed E-state index contributed by atoms with van der Waals surface area (Å²) < 4.78 is 0. The van der Waals surface area contributed by atoms with Crippen LogP contribution in [0.4, 0.5) is 0 Å². The average Bonchev–Trinajstić information content (AvgIpc) is 2.77. The summed E-state index contributed by atoms with van der Waals surface area (Å²) in [5, 5.41) is 0.0497. The van der Waals surface area contributed by atoms with Crippen LogP contribution >= 0.6 is 35.0 Å². The molecule has 0 aliphatic carbocycles. The van der Waals surface area contributed by atoms with E-state index in [2.05, 4.69) is 0 Å².